The molecule has 4 nitrogen and oxygen atoms in total. The molecule has 0 heterocycles. The van der Waals surface area contributed by atoms with Gasteiger partial charge in [-0.15, -0.1) is 0 Å². The Morgan fingerprint density at radius 3 is 2.42 bits per heavy atom. The van der Waals surface area contributed by atoms with Gasteiger partial charge in [0.15, 0.2) is 0 Å². The van der Waals surface area contributed by atoms with E-state index in [1.54, 1.807) is 0 Å². The smallest absolute Gasteiger partial charge is 0.319 e. The van der Waals surface area contributed by atoms with Crippen LogP contribution in [0.3, 0.4) is 0 Å². The maximum Gasteiger partial charge on any atom is 0.319 e. The lowest BCUT2D eigenvalue weighted by Gasteiger charge is -2.23. The van der Waals surface area contributed by atoms with Crippen molar-refractivity contribution < 1.29 is 4.79 Å². The molecule has 0 saturated carbocycles. The molecule has 0 atom stereocenters. The molecular formula is C15H25N3O. The molecule has 2 amide bonds. The lowest BCUT2D eigenvalue weighted by molar-refractivity contribution is 0.250. The Kier molecular flexibility index (Phi) is 5.36. The van der Waals surface area contributed by atoms with Crippen LogP contribution in [0.4, 0.5) is 10.5 Å². The Bertz CT molecular complexity index is 422. The van der Waals surface area contributed by atoms with Gasteiger partial charge < -0.3 is 15.5 Å². The molecule has 1 aromatic rings. The van der Waals surface area contributed by atoms with Gasteiger partial charge in [0, 0.05) is 18.8 Å². The van der Waals surface area contributed by atoms with Crippen molar-refractivity contribution in [3.63, 3.8) is 0 Å². The molecule has 19 heavy (non-hydrogen) atoms. The van der Waals surface area contributed by atoms with Crippen molar-refractivity contribution in [2.24, 2.45) is 0 Å². The molecule has 2 N–H and O–H groups in total. The fraction of sp³-hybridized carbons (Fsp3) is 0.533. The van der Waals surface area contributed by atoms with Crippen LogP contribution in [0.2, 0.25) is 0 Å². The molecule has 0 unspecified atom stereocenters. The van der Waals surface area contributed by atoms with Gasteiger partial charge in [-0.05, 0) is 31.1 Å². The number of nitrogens with zero attached hydrogens (tertiary/aromatic N) is 1. The van der Waals surface area contributed by atoms with E-state index in [-0.39, 0.29) is 11.4 Å². The molecule has 0 spiro atoms. The zero-order valence-electron chi connectivity index (χ0n) is 12.6. The quantitative estimate of drug-likeness (QED) is 0.877. The number of anilines is 1. The third-order valence-electron chi connectivity index (χ3n) is 2.83. The van der Waals surface area contributed by atoms with Crippen LogP contribution in [0.15, 0.2) is 24.3 Å². The van der Waals surface area contributed by atoms with Gasteiger partial charge >= 0.3 is 6.03 Å². The van der Waals surface area contributed by atoms with E-state index in [2.05, 4.69) is 37.5 Å². The average Bonchev–Trinajstić information content (AvgIpc) is 2.27. The molecule has 0 aliphatic rings. The highest BCUT2D eigenvalue weighted by atomic mass is 16.2. The highest BCUT2D eigenvalue weighted by Crippen LogP contribution is 2.28. The standard InChI is InChI=1S/C15H25N3O/c1-15(2,3)12-8-6-7-9-13(12)17-14(19)16-10-11-18(4)5/h6-9H,10-11H2,1-5H3,(H2,16,17,19). The molecule has 0 aliphatic carbocycles. The van der Waals surface area contributed by atoms with Crippen LogP contribution in [0.1, 0.15) is 26.3 Å². The van der Waals surface area contributed by atoms with Crippen molar-refractivity contribution in [1.29, 1.82) is 0 Å². The summed E-state index contributed by atoms with van der Waals surface area (Å²) in [6.45, 7) is 7.87. The van der Waals surface area contributed by atoms with E-state index in [9.17, 15) is 4.79 Å². The summed E-state index contributed by atoms with van der Waals surface area (Å²) < 4.78 is 0. The van der Waals surface area contributed by atoms with E-state index in [1.165, 1.54) is 0 Å². The molecule has 0 bridgehead atoms. The van der Waals surface area contributed by atoms with Crippen molar-refractivity contribution in [1.82, 2.24) is 10.2 Å². The first kappa shape index (κ1) is 15.5. The zero-order chi connectivity index (χ0) is 14.5. The zero-order valence-corrected chi connectivity index (χ0v) is 12.6. The Morgan fingerprint density at radius 2 is 1.84 bits per heavy atom. The molecule has 0 saturated heterocycles. The highest BCUT2D eigenvalue weighted by Gasteiger charge is 2.18. The van der Waals surface area contributed by atoms with Gasteiger partial charge in [0.05, 0.1) is 0 Å². The number of rotatable bonds is 4. The predicted octanol–water partition coefficient (Wildman–Crippen LogP) is 2.67. The highest BCUT2D eigenvalue weighted by molar-refractivity contribution is 5.90. The third-order valence-corrected chi connectivity index (χ3v) is 2.83. The van der Waals surface area contributed by atoms with Crippen LogP contribution in [0, 0.1) is 0 Å². The lowest BCUT2D eigenvalue weighted by Crippen LogP contribution is -2.35. The summed E-state index contributed by atoms with van der Waals surface area (Å²) >= 11 is 0. The van der Waals surface area contributed by atoms with Gasteiger partial charge in [0.25, 0.3) is 0 Å². The molecule has 1 rings (SSSR count). The van der Waals surface area contributed by atoms with E-state index in [0.717, 1.165) is 17.8 Å². The maximum absolute atomic E-state index is 11.8. The monoisotopic (exact) mass is 263 g/mol. The predicted molar refractivity (Wildman–Crippen MR) is 80.7 cm³/mol. The molecule has 0 radical (unpaired) electrons. The Labute approximate surface area is 116 Å². The molecule has 1 aromatic carbocycles. The second kappa shape index (κ2) is 6.57. The number of amides is 2. The second-order valence-electron chi connectivity index (χ2n) is 5.98. The number of hydrogen-bond acceptors (Lipinski definition) is 2. The van der Waals surface area contributed by atoms with Crippen LogP contribution in [-0.4, -0.2) is 38.1 Å². The summed E-state index contributed by atoms with van der Waals surface area (Å²) in [5.41, 5.74) is 2.02. The summed E-state index contributed by atoms with van der Waals surface area (Å²) in [6.07, 6.45) is 0. The van der Waals surface area contributed by atoms with Crippen LogP contribution >= 0.6 is 0 Å². The number of carbonyl (C=O) groups excluding carboxylic acids is 1. The number of likely N-dealkylation sites (N-methyl/N-ethyl adjacent to an activating group) is 1. The first-order valence-corrected chi connectivity index (χ1v) is 6.60. The third kappa shape index (κ3) is 5.30. The lowest BCUT2D eigenvalue weighted by atomic mass is 9.86. The SMILES string of the molecule is CN(C)CCNC(=O)Nc1ccccc1C(C)(C)C. The van der Waals surface area contributed by atoms with Gasteiger partial charge in [-0.2, -0.15) is 0 Å². The first-order chi connectivity index (χ1) is 8.80. The fourth-order valence-electron chi connectivity index (χ4n) is 1.81. The number of benzene rings is 1. The molecule has 0 aromatic heterocycles. The Balaban J connectivity index is 2.64. The van der Waals surface area contributed by atoms with Gasteiger partial charge in [-0.1, -0.05) is 39.0 Å². The number of carbonyl (C=O) groups is 1. The first-order valence-electron chi connectivity index (χ1n) is 6.60. The number of para-hydroxylation sites is 1. The average molecular weight is 263 g/mol. The molecule has 0 aliphatic heterocycles. The normalized spacial score (nSPS) is 11.5. The van der Waals surface area contributed by atoms with Gasteiger partial charge in [0.2, 0.25) is 0 Å². The summed E-state index contributed by atoms with van der Waals surface area (Å²) in [5.74, 6) is 0. The minimum atomic E-state index is -0.154. The van der Waals surface area contributed by atoms with E-state index in [0.29, 0.717) is 6.54 Å². The summed E-state index contributed by atoms with van der Waals surface area (Å²) in [4.78, 5) is 13.9. The van der Waals surface area contributed by atoms with Gasteiger partial charge in [-0.3, -0.25) is 0 Å². The molecular weight excluding hydrogens is 238 g/mol. The topological polar surface area (TPSA) is 44.4 Å². The maximum atomic E-state index is 11.8. The van der Waals surface area contributed by atoms with Crippen LogP contribution in [-0.2, 0) is 5.41 Å². The van der Waals surface area contributed by atoms with Crippen LogP contribution in [0.5, 0.6) is 0 Å². The summed E-state index contributed by atoms with van der Waals surface area (Å²) in [5, 5.41) is 5.77. The van der Waals surface area contributed by atoms with E-state index >= 15 is 0 Å². The Morgan fingerprint density at radius 1 is 1.21 bits per heavy atom. The van der Waals surface area contributed by atoms with Gasteiger partial charge in [-0.25, -0.2) is 4.79 Å². The van der Waals surface area contributed by atoms with Gasteiger partial charge in [0.1, 0.15) is 0 Å². The minimum Gasteiger partial charge on any atom is -0.337 e. The number of hydrogen-bond donors (Lipinski definition) is 2. The van der Waals surface area contributed by atoms with Crippen LogP contribution in [0.25, 0.3) is 0 Å². The summed E-state index contributed by atoms with van der Waals surface area (Å²) in [7, 11) is 3.96. The van der Waals surface area contributed by atoms with E-state index < -0.39 is 0 Å². The molecule has 106 valence electrons. The minimum absolute atomic E-state index is 0.00745. The molecule has 0 fully saturated rings. The van der Waals surface area contributed by atoms with E-state index in [1.807, 2.05) is 37.2 Å². The fourth-order valence-corrected chi connectivity index (χ4v) is 1.81. The second-order valence-corrected chi connectivity index (χ2v) is 5.98. The largest absolute Gasteiger partial charge is 0.337 e. The van der Waals surface area contributed by atoms with Crippen molar-refractivity contribution in [3.8, 4) is 0 Å². The van der Waals surface area contributed by atoms with Crippen molar-refractivity contribution in [3.05, 3.63) is 29.8 Å². The summed E-state index contributed by atoms with van der Waals surface area (Å²) in [6, 6.07) is 7.76. The van der Waals surface area contributed by atoms with Crippen LogP contribution < -0.4 is 10.6 Å². The number of urea groups is 1. The number of nitrogens with one attached hydrogen (secondary N) is 2. The van der Waals surface area contributed by atoms with Crippen molar-refractivity contribution in [2.75, 3.05) is 32.5 Å². The molecule has 4 heteroatoms. The van der Waals surface area contributed by atoms with Crippen molar-refractivity contribution in [2.45, 2.75) is 26.2 Å². The van der Waals surface area contributed by atoms with Crippen molar-refractivity contribution >= 4 is 11.7 Å². The Hall–Kier alpha value is -1.55. The van der Waals surface area contributed by atoms with E-state index in [4.69, 9.17) is 0 Å².